The Morgan fingerprint density at radius 3 is 3.07 bits per heavy atom. The Morgan fingerprint density at radius 1 is 1.27 bits per heavy atom. The molecule has 0 aliphatic carbocycles. The van der Waals surface area contributed by atoms with Gasteiger partial charge in [0.05, 0.1) is 5.39 Å². The summed E-state index contributed by atoms with van der Waals surface area (Å²) in [6, 6.07) is 10.6. The molecule has 0 bridgehead atoms. The van der Waals surface area contributed by atoms with Crippen molar-refractivity contribution in [3.63, 3.8) is 0 Å². The van der Waals surface area contributed by atoms with Crippen molar-refractivity contribution >= 4 is 10.8 Å². The molecule has 1 aliphatic rings. The summed E-state index contributed by atoms with van der Waals surface area (Å²) >= 11 is 0. The third-order valence-corrected chi connectivity index (χ3v) is 2.99. The topological polar surface area (TPSA) is 13.1 Å². The molecule has 76 valence electrons. The summed E-state index contributed by atoms with van der Waals surface area (Å²) in [5.74, 6) is 1.04. The molecule has 0 saturated carbocycles. The van der Waals surface area contributed by atoms with Gasteiger partial charge in [-0.05, 0) is 11.5 Å². The molecule has 0 N–H and O–H groups in total. The second kappa shape index (κ2) is 3.23. The first-order valence-corrected chi connectivity index (χ1v) is 5.41. The first kappa shape index (κ1) is 8.72. The minimum absolute atomic E-state index is 0.841. The van der Waals surface area contributed by atoms with Crippen LogP contribution in [0.2, 0.25) is 0 Å². The van der Waals surface area contributed by atoms with Crippen LogP contribution in [-0.2, 0) is 6.54 Å². The van der Waals surface area contributed by atoms with E-state index >= 15 is 0 Å². The van der Waals surface area contributed by atoms with Crippen molar-refractivity contribution in [1.82, 2.24) is 0 Å². The molecular weight excluding hydrogens is 186 g/mol. The molecule has 1 aromatic heterocycles. The number of nitrogens with zero attached hydrogens (tertiary/aromatic N) is 1. The SMILES string of the molecule is Cc1cc2ccccc2c2[n+]1CCCO2. The molecular formula is C13H14NO+. The van der Waals surface area contributed by atoms with Crippen molar-refractivity contribution < 1.29 is 9.30 Å². The number of benzene rings is 1. The van der Waals surface area contributed by atoms with E-state index in [4.69, 9.17) is 4.74 Å². The molecule has 2 heterocycles. The number of fused-ring (bicyclic) bond motifs is 3. The Morgan fingerprint density at radius 2 is 2.13 bits per heavy atom. The molecule has 0 saturated heterocycles. The largest absolute Gasteiger partial charge is 0.444 e. The third kappa shape index (κ3) is 1.29. The van der Waals surface area contributed by atoms with E-state index in [0.717, 1.165) is 25.5 Å². The number of pyridine rings is 1. The lowest BCUT2D eigenvalue weighted by Crippen LogP contribution is -2.43. The van der Waals surface area contributed by atoms with E-state index < -0.39 is 0 Å². The van der Waals surface area contributed by atoms with Gasteiger partial charge in [0.1, 0.15) is 6.61 Å². The highest BCUT2D eigenvalue weighted by molar-refractivity contribution is 5.85. The highest BCUT2D eigenvalue weighted by Crippen LogP contribution is 2.24. The second-order valence-corrected chi connectivity index (χ2v) is 4.03. The Kier molecular flexibility index (Phi) is 1.88. The van der Waals surface area contributed by atoms with Crippen LogP contribution in [0.25, 0.3) is 10.8 Å². The first-order valence-electron chi connectivity index (χ1n) is 5.41. The van der Waals surface area contributed by atoms with Gasteiger partial charge in [-0.15, -0.1) is 0 Å². The molecule has 15 heavy (non-hydrogen) atoms. The Labute approximate surface area is 89.1 Å². The average Bonchev–Trinajstić information content (AvgIpc) is 2.30. The van der Waals surface area contributed by atoms with E-state index in [9.17, 15) is 0 Å². The summed E-state index contributed by atoms with van der Waals surface area (Å²) in [6.45, 7) is 4.06. The van der Waals surface area contributed by atoms with Crippen LogP contribution in [0.3, 0.4) is 0 Å². The predicted octanol–water partition coefficient (Wildman–Crippen LogP) is 2.22. The summed E-state index contributed by atoms with van der Waals surface area (Å²) in [6.07, 6.45) is 1.11. The molecule has 0 atom stereocenters. The molecule has 0 amide bonds. The van der Waals surface area contributed by atoms with Crippen molar-refractivity contribution in [2.75, 3.05) is 6.61 Å². The predicted molar refractivity (Wildman–Crippen MR) is 59.0 cm³/mol. The van der Waals surface area contributed by atoms with Crippen LogP contribution in [-0.4, -0.2) is 6.61 Å². The van der Waals surface area contributed by atoms with Gasteiger partial charge in [-0.3, -0.25) is 0 Å². The lowest BCUT2D eigenvalue weighted by Gasteiger charge is -2.14. The minimum Gasteiger partial charge on any atom is -0.444 e. The Hall–Kier alpha value is -1.57. The maximum atomic E-state index is 5.78. The van der Waals surface area contributed by atoms with Gasteiger partial charge >= 0.3 is 5.88 Å². The number of hydrogen-bond donors (Lipinski definition) is 0. The Bertz CT molecular complexity index is 519. The van der Waals surface area contributed by atoms with Gasteiger partial charge in [-0.25, -0.2) is 0 Å². The van der Waals surface area contributed by atoms with Crippen molar-refractivity contribution in [3.05, 3.63) is 36.0 Å². The van der Waals surface area contributed by atoms with Gasteiger partial charge in [-0.2, -0.15) is 4.57 Å². The highest BCUT2D eigenvalue weighted by Gasteiger charge is 2.23. The summed E-state index contributed by atoms with van der Waals surface area (Å²) in [7, 11) is 0. The van der Waals surface area contributed by atoms with Gasteiger partial charge in [0.15, 0.2) is 12.2 Å². The number of aromatic nitrogens is 1. The Balaban J connectivity index is 2.39. The maximum Gasteiger partial charge on any atom is 0.376 e. The van der Waals surface area contributed by atoms with E-state index in [1.165, 1.54) is 16.5 Å². The molecule has 2 nitrogen and oxygen atoms in total. The fourth-order valence-corrected chi connectivity index (χ4v) is 2.25. The van der Waals surface area contributed by atoms with Crippen LogP contribution in [0.4, 0.5) is 0 Å². The smallest absolute Gasteiger partial charge is 0.376 e. The second-order valence-electron chi connectivity index (χ2n) is 4.03. The zero-order chi connectivity index (χ0) is 10.3. The molecule has 0 fully saturated rings. The molecule has 1 aromatic carbocycles. The van der Waals surface area contributed by atoms with Crippen LogP contribution in [0.5, 0.6) is 5.88 Å². The summed E-state index contributed by atoms with van der Waals surface area (Å²) in [4.78, 5) is 0. The quantitative estimate of drug-likeness (QED) is 0.594. The molecule has 0 spiro atoms. The molecule has 2 heteroatoms. The molecule has 0 radical (unpaired) electrons. The summed E-state index contributed by atoms with van der Waals surface area (Å²) < 4.78 is 8.05. The fraction of sp³-hybridized carbons (Fsp3) is 0.308. The van der Waals surface area contributed by atoms with Crippen LogP contribution < -0.4 is 9.30 Å². The van der Waals surface area contributed by atoms with E-state index in [1.807, 2.05) is 0 Å². The molecule has 3 rings (SSSR count). The average molecular weight is 200 g/mol. The lowest BCUT2D eigenvalue weighted by molar-refractivity contribution is -0.714. The van der Waals surface area contributed by atoms with Gasteiger partial charge in [-0.1, -0.05) is 18.2 Å². The van der Waals surface area contributed by atoms with Gasteiger partial charge < -0.3 is 4.74 Å². The van der Waals surface area contributed by atoms with Gasteiger partial charge in [0.2, 0.25) is 0 Å². The van der Waals surface area contributed by atoms with E-state index in [0.29, 0.717) is 0 Å². The highest BCUT2D eigenvalue weighted by atomic mass is 16.5. The zero-order valence-electron chi connectivity index (χ0n) is 8.86. The maximum absolute atomic E-state index is 5.78. The standard InChI is InChI=1S/C13H14NO/c1-10-9-11-5-2-3-6-12(11)13-14(10)7-4-8-15-13/h2-3,5-6,9H,4,7-8H2,1H3/q+1. The summed E-state index contributed by atoms with van der Waals surface area (Å²) in [5.41, 5.74) is 1.28. The molecule has 1 aliphatic heterocycles. The lowest BCUT2D eigenvalue weighted by atomic mass is 10.1. The monoisotopic (exact) mass is 200 g/mol. The van der Waals surface area contributed by atoms with Gasteiger partial charge in [0, 0.05) is 19.4 Å². The fourth-order valence-electron chi connectivity index (χ4n) is 2.25. The van der Waals surface area contributed by atoms with Crippen molar-refractivity contribution in [3.8, 4) is 5.88 Å². The number of aryl methyl sites for hydroxylation is 1. The number of ether oxygens (including phenoxy) is 1. The minimum atomic E-state index is 0.841. The molecule has 0 unspecified atom stereocenters. The normalized spacial score (nSPS) is 14.7. The van der Waals surface area contributed by atoms with Crippen LogP contribution in [0.1, 0.15) is 12.1 Å². The first-order chi connectivity index (χ1) is 7.36. The van der Waals surface area contributed by atoms with Crippen LogP contribution in [0.15, 0.2) is 30.3 Å². The van der Waals surface area contributed by atoms with Crippen molar-refractivity contribution in [1.29, 1.82) is 0 Å². The van der Waals surface area contributed by atoms with Gasteiger partial charge in [0.25, 0.3) is 0 Å². The number of rotatable bonds is 0. The van der Waals surface area contributed by atoms with Crippen LogP contribution >= 0.6 is 0 Å². The van der Waals surface area contributed by atoms with Crippen molar-refractivity contribution in [2.45, 2.75) is 19.9 Å². The third-order valence-electron chi connectivity index (χ3n) is 2.99. The summed E-state index contributed by atoms with van der Waals surface area (Å²) in [5, 5.41) is 2.49. The van der Waals surface area contributed by atoms with E-state index in [2.05, 4.69) is 41.8 Å². The zero-order valence-corrected chi connectivity index (χ0v) is 8.86. The molecule has 2 aromatic rings. The number of hydrogen-bond acceptors (Lipinski definition) is 1. The van der Waals surface area contributed by atoms with E-state index in [1.54, 1.807) is 0 Å². The van der Waals surface area contributed by atoms with Crippen molar-refractivity contribution in [2.24, 2.45) is 0 Å². The van der Waals surface area contributed by atoms with Crippen LogP contribution in [0, 0.1) is 6.92 Å². The van der Waals surface area contributed by atoms with E-state index in [-0.39, 0.29) is 0 Å².